The van der Waals surface area contributed by atoms with Gasteiger partial charge >= 0.3 is 0 Å². The van der Waals surface area contributed by atoms with E-state index < -0.39 is 5.91 Å². The fourth-order valence-electron chi connectivity index (χ4n) is 1.91. The predicted molar refractivity (Wildman–Crippen MR) is 75.1 cm³/mol. The largest absolute Gasteiger partial charge is 0.366 e. The Hall–Kier alpha value is -2.21. The predicted octanol–water partition coefficient (Wildman–Crippen LogP) is 2.28. The lowest BCUT2D eigenvalue weighted by Gasteiger charge is -2.06. The standard InChI is InChI=1S/C13H9BrN4O/c14-8-6-16-18(7-8)12-5-10(13(15)19)9-3-1-2-4-11(9)17-12/h1-7H,(H2,15,19). The van der Waals surface area contributed by atoms with Gasteiger partial charge in [0.15, 0.2) is 5.82 Å². The molecule has 0 aliphatic carbocycles. The summed E-state index contributed by atoms with van der Waals surface area (Å²) in [7, 11) is 0. The minimum atomic E-state index is -0.480. The zero-order valence-corrected chi connectivity index (χ0v) is 11.3. The third kappa shape index (κ3) is 2.10. The Bertz CT molecular complexity index is 781. The molecule has 3 rings (SSSR count). The number of carbonyl (C=O) groups is 1. The van der Waals surface area contributed by atoms with E-state index in [9.17, 15) is 4.79 Å². The van der Waals surface area contributed by atoms with Gasteiger partial charge in [0.25, 0.3) is 0 Å². The molecular formula is C13H9BrN4O. The van der Waals surface area contributed by atoms with Gasteiger partial charge in [0.1, 0.15) is 0 Å². The second kappa shape index (κ2) is 4.47. The first-order valence-electron chi connectivity index (χ1n) is 5.55. The minimum Gasteiger partial charge on any atom is -0.366 e. The van der Waals surface area contributed by atoms with Crippen molar-refractivity contribution in [1.29, 1.82) is 0 Å². The van der Waals surface area contributed by atoms with Crippen molar-refractivity contribution >= 4 is 32.7 Å². The Labute approximate surface area is 117 Å². The maximum Gasteiger partial charge on any atom is 0.249 e. The average molecular weight is 317 g/mol. The first kappa shape index (κ1) is 11.9. The topological polar surface area (TPSA) is 73.8 Å². The van der Waals surface area contributed by atoms with Gasteiger partial charge in [-0.1, -0.05) is 18.2 Å². The molecule has 0 saturated heterocycles. The molecule has 6 heteroatoms. The SMILES string of the molecule is NC(=O)c1cc(-n2cc(Br)cn2)nc2ccccc12. The third-order valence-electron chi connectivity index (χ3n) is 2.75. The van der Waals surface area contributed by atoms with E-state index in [1.54, 1.807) is 23.1 Å². The lowest BCUT2D eigenvalue weighted by molar-refractivity contribution is 0.100. The second-order valence-corrected chi connectivity index (χ2v) is 4.93. The fourth-order valence-corrected chi connectivity index (χ4v) is 2.19. The lowest BCUT2D eigenvalue weighted by Crippen LogP contribution is -2.13. The van der Waals surface area contributed by atoms with Crippen LogP contribution in [0.15, 0.2) is 47.2 Å². The molecule has 0 spiro atoms. The van der Waals surface area contributed by atoms with E-state index >= 15 is 0 Å². The first-order valence-corrected chi connectivity index (χ1v) is 6.34. The molecule has 0 saturated carbocycles. The van der Waals surface area contributed by atoms with E-state index in [4.69, 9.17) is 5.73 Å². The van der Waals surface area contributed by atoms with Crippen molar-refractivity contribution in [2.45, 2.75) is 0 Å². The number of nitrogens with two attached hydrogens (primary N) is 1. The summed E-state index contributed by atoms with van der Waals surface area (Å²) in [5.41, 5.74) is 6.57. The van der Waals surface area contributed by atoms with Gasteiger partial charge in [-0.15, -0.1) is 0 Å². The van der Waals surface area contributed by atoms with Gasteiger partial charge in [-0.3, -0.25) is 4.79 Å². The van der Waals surface area contributed by atoms with Crippen LogP contribution in [0, 0.1) is 0 Å². The van der Waals surface area contributed by atoms with Crippen molar-refractivity contribution in [2.75, 3.05) is 0 Å². The number of aromatic nitrogens is 3. The summed E-state index contributed by atoms with van der Waals surface area (Å²) < 4.78 is 2.42. The molecule has 3 aromatic rings. The highest BCUT2D eigenvalue weighted by molar-refractivity contribution is 9.10. The summed E-state index contributed by atoms with van der Waals surface area (Å²) in [6, 6.07) is 9.02. The Kier molecular flexibility index (Phi) is 2.79. The molecule has 0 atom stereocenters. The molecule has 0 aliphatic rings. The molecule has 0 unspecified atom stereocenters. The van der Waals surface area contributed by atoms with Gasteiger partial charge in [-0.25, -0.2) is 9.67 Å². The van der Waals surface area contributed by atoms with Crippen molar-refractivity contribution in [3.63, 3.8) is 0 Å². The molecule has 1 amide bonds. The molecule has 5 nitrogen and oxygen atoms in total. The summed E-state index contributed by atoms with van der Waals surface area (Å²) in [6.45, 7) is 0. The number of primary amides is 1. The van der Waals surface area contributed by atoms with E-state index in [0.29, 0.717) is 16.9 Å². The Morgan fingerprint density at radius 2 is 2.11 bits per heavy atom. The number of pyridine rings is 1. The number of nitrogens with zero attached hydrogens (tertiary/aromatic N) is 3. The van der Waals surface area contributed by atoms with Crippen molar-refractivity contribution in [3.05, 3.63) is 52.8 Å². The molecule has 0 bridgehead atoms. The van der Waals surface area contributed by atoms with Crippen LogP contribution in [-0.2, 0) is 0 Å². The van der Waals surface area contributed by atoms with Gasteiger partial charge in [-0.2, -0.15) is 5.10 Å². The number of carbonyl (C=O) groups excluding carboxylic acids is 1. The van der Waals surface area contributed by atoms with Crippen LogP contribution in [0.5, 0.6) is 0 Å². The van der Waals surface area contributed by atoms with Gasteiger partial charge < -0.3 is 5.73 Å². The van der Waals surface area contributed by atoms with Crippen molar-refractivity contribution in [3.8, 4) is 5.82 Å². The number of fused-ring (bicyclic) bond motifs is 1. The van der Waals surface area contributed by atoms with E-state index in [2.05, 4.69) is 26.0 Å². The van der Waals surface area contributed by atoms with E-state index in [1.165, 1.54) is 0 Å². The van der Waals surface area contributed by atoms with Gasteiger partial charge in [0.2, 0.25) is 5.91 Å². The van der Waals surface area contributed by atoms with Crippen molar-refractivity contribution in [1.82, 2.24) is 14.8 Å². The summed E-state index contributed by atoms with van der Waals surface area (Å²) in [4.78, 5) is 16.0. The molecule has 19 heavy (non-hydrogen) atoms. The Morgan fingerprint density at radius 1 is 1.32 bits per heavy atom. The summed E-state index contributed by atoms with van der Waals surface area (Å²) in [5, 5.41) is 4.89. The molecule has 2 heterocycles. The molecule has 0 aliphatic heterocycles. The van der Waals surface area contributed by atoms with Crippen LogP contribution in [0.3, 0.4) is 0 Å². The zero-order valence-electron chi connectivity index (χ0n) is 9.75. The Balaban J connectivity index is 2.30. The van der Waals surface area contributed by atoms with Crippen LogP contribution < -0.4 is 5.73 Å². The number of halogens is 1. The van der Waals surface area contributed by atoms with E-state index in [0.717, 1.165) is 9.86 Å². The number of amides is 1. The van der Waals surface area contributed by atoms with Crippen LogP contribution in [0.2, 0.25) is 0 Å². The third-order valence-corrected chi connectivity index (χ3v) is 3.16. The van der Waals surface area contributed by atoms with Crippen molar-refractivity contribution < 1.29 is 4.79 Å². The monoisotopic (exact) mass is 316 g/mol. The van der Waals surface area contributed by atoms with Gasteiger partial charge in [-0.05, 0) is 28.1 Å². The molecule has 0 radical (unpaired) electrons. The number of rotatable bonds is 2. The van der Waals surface area contributed by atoms with Crippen LogP contribution in [0.25, 0.3) is 16.7 Å². The maximum absolute atomic E-state index is 11.6. The number of benzene rings is 1. The minimum absolute atomic E-state index is 0.437. The highest BCUT2D eigenvalue weighted by Gasteiger charge is 2.11. The number of hydrogen-bond acceptors (Lipinski definition) is 3. The van der Waals surface area contributed by atoms with Gasteiger partial charge in [0, 0.05) is 11.6 Å². The molecule has 1 aromatic carbocycles. The van der Waals surface area contributed by atoms with Crippen LogP contribution in [-0.4, -0.2) is 20.7 Å². The number of hydrogen-bond donors (Lipinski definition) is 1. The normalized spacial score (nSPS) is 10.8. The summed E-state index contributed by atoms with van der Waals surface area (Å²) in [5.74, 6) is 0.0734. The molecular weight excluding hydrogens is 308 g/mol. The highest BCUT2D eigenvalue weighted by atomic mass is 79.9. The fraction of sp³-hybridized carbons (Fsp3) is 0. The highest BCUT2D eigenvalue weighted by Crippen LogP contribution is 2.20. The lowest BCUT2D eigenvalue weighted by atomic mass is 10.1. The second-order valence-electron chi connectivity index (χ2n) is 4.01. The molecule has 94 valence electrons. The molecule has 0 fully saturated rings. The Morgan fingerprint density at radius 3 is 2.79 bits per heavy atom. The van der Waals surface area contributed by atoms with Crippen LogP contribution >= 0.6 is 15.9 Å². The summed E-state index contributed by atoms with van der Waals surface area (Å²) in [6.07, 6.45) is 3.42. The number of para-hydroxylation sites is 1. The van der Waals surface area contributed by atoms with Gasteiger partial charge in [0.05, 0.1) is 21.7 Å². The maximum atomic E-state index is 11.6. The zero-order chi connectivity index (χ0) is 13.4. The molecule has 2 aromatic heterocycles. The van der Waals surface area contributed by atoms with E-state index in [-0.39, 0.29) is 0 Å². The van der Waals surface area contributed by atoms with Crippen LogP contribution in [0.1, 0.15) is 10.4 Å². The first-order chi connectivity index (χ1) is 9.15. The summed E-state index contributed by atoms with van der Waals surface area (Å²) >= 11 is 3.32. The van der Waals surface area contributed by atoms with E-state index in [1.807, 2.05) is 24.3 Å². The smallest absolute Gasteiger partial charge is 0.249 e. The average Bonchev–Trinajstić information content (AvgIpc) is 2.84. The molecule has 2 N–H and O–H groups in total. The quantitative estimate of drug-likeness (QED) is 0.788. The van der Waals surface area contributed by atoms with Crippen LogP contribution in [0.4, 0.5) is 0 Å². The van der Waals surface area contributed by atoms with Crippen molar-refractivity contribution in [2.24, 2.45) is 5.73 Å².